The van der Waals surface area contributed by atoms with Gasteiger partial charge in [-0.1, -0.05) is 11.6 Å². The summed E-state index contributed by atoms with van der Waals surface area (Å²) in [5, 5.41) is 4.46. The van der Waals surface area contributed by atoms with Gasteiger partial charge in [-0.05, 0) is 45.0 Å². The Morgan fingerprint density at radius 2 is 1.95 bits per heavy atom. The van der Waals surface area contributed by atoms with Gasteiger partial charge in [-0.2, -0.15) is 5.10 Å². The van der Waals surface area contributed by atoms with Crippen LogP contribution >= 0.6 is 11.6 Å². The molecule has 1 aromatic carbocycles. The van der Waals surface area contributed by atoms with E-state index in [-0.39, 0.29) is 11.9 Å². The maximum absolute atomic E-state index is 11.8. The minimum atomic E-state index is -0.500. The van der Waals surface area contributed by atoms with Crippen LogP contribution in [0.4, 0.5) is 0 Å². The molecule has 1 rings (SSSR count). The lowest BCUT2D eigenvalue weighted by Crippen LogP contribution is -2.25. The molecule has 1 atom stereocenters. The van der Waals surface area contributed by atoms with Crippen LogP contribution in [0.3, 0.4) is 0 Å². The fraction of sp³-hybridized carbons (Fsp3) is 0.357. The van der Waals surface area contributed by atoms with Crippen LogP contribution in [0.1, 0.15) is 31.1 Å². The van der Waals surface area contributed by atoms with E-state index in [2.05, 4.69) is 10.5 Å². The first-order chi connectivity index (χ1) is 9.45. The first-order valence-electron chi connectivity index (χ1n) is 6.22. The zero-order chi connectivity index (χ0) is 15.1. The van der Waals surface area contributed by atoms with Gasteiger partial charge in [0.2, 0.25) is 0 Å². The number of rotatable bonds is 5. The van der Waals surface area contributed by atoms with Gasteiger partial charge in [0.05, 0.1) is 12.5 Å². The van der Waals surface area contributed by atoms with Crippen molar-refractivity contribution in [2.45, 2.75) is 20.8 Å². The molecule has 0 aromatic heterocycles. The highest BCUT2D eigenvalue weighted by atomic mass is 35.5. The second kappa shape index (κ2) is 7.65. The van der Waals surface area contributed by atoms with Gasteiger partial charge < -0.3 is 4.74 Å². The lowest BCUT2D eigenvalue weighted by molar-refractivity contribution is -0.145. The monoisotopic (exact) mass is 296 g/mol. The summed E-state index contributed by atoms with van der Waals surface area (Å²) < 4.78 is 4.88. The first kappa shape index (κ1) is 16.2. The summed E-state index contributed by atoms with van der Waals surface area (Å²) in [6.45, 7) is 5.38. The molecule has 0 saturated heterocycles. The molecule has 0 fully saturated rings. The zero-order valence-corrected chi connectivity index (χ0v) is 12.4. The number of hydrazone groups is 1. The van der Waals surface area contributed by atoms with E-state index in [9.17, 15) is 9.59 Å². The summed E-state index contributed by atoms with van der Waals surface area (Å²) in [6.07, 6.45) is 0. The Balaban J connectivity index is 2.64. The number of hydrogen-bond acceptors (Lipinski definition) is 4. The Bertz CT molecular complexity index is 512. The molecule has 1 N–H and O–H groups in total. The van der Waals surface area contributed by atoms with Crippen LogP contribution in [0.5, 0.6) is 0 Å². The minimum Gasteiger partial charge on any atom is -0.465 e. The van der Waals surface area contributed by atoms with Gasteiger partial charge in [0.25, 0.3) is 5.91 Å². The Hall–Kier alpha value is -1.88. The smallest absolute Gasteiger partial charge is 0.314 e. The third-order valence-corrected chi connectivity index (χ3v) is 2.96. The number of ether oxygens (including phenoxy) is 1. The van der Waals surface area contributed by atoms with E-state index < -0.39 is 5.92 Å². The summed E-state index contributed by atoms with van der Waals surface area (Å²) in [7, 11) is 0. The Kier molecular flexibility index (Phi) is 6.18. The predicted octanol–water partition coefficient (Wildman–Crippen LogP) is 2.64. The maximum atomic E-state index is 11.8. The summed E-state index contributed by atoms with van der Waals surface area (Å²) in [5.41, 5.74) is 3.31. The fourth-order valence-electron chi connectivity index (χ4n) is 1.34. The van der Waals surface area contributed by atoms with Gasteiger partial charge in [-0.15, -0.1) is 0 Å². The molecule has 0 saturated carbocycles. The Morgan fingerprint density at radius 1 is 1.35 bits per heavy atom. The zero-order valence-electron chi connectivity index (χ0n) is 11.6. The SMILES string of the molecule is CCOC(=O)[C@@H](C)C(C)=NNC(=O)c1ccc(Cl)cc1. The van der Waals surface area contributed by atoms with Crippen molar-refractivity contribution in [2.24, 2.45) is 11.0 Å². The van der Waals surface area contributed by atoms with Gasteiger partial charge in [-0.3, -0.25) is 9.59 Å². The van der Waals surface area contributed by atoms with Crippen LogP contribution in [0, 0.1) is 5.92 Å². The highest BCUT2D eigenvalue weighted by Crippen LogP contribution is 2.09. The minimum absolute atomic E-state index is 0.313. The molecule has 0 radical (unpaired) electrons. The van der Waals surface area contributed by atoms with Crippen molar-refractivity contribution in [1.82, 2.24) is 5.43 Å². The summed E-state index contributed by atoms with van der Waals surface area (Å²) in [6, 6.07) is 6.43. The lowest BCUT2D eigenvalue weighted by atomic mass is 10.1. The molecule has 0 aliphatic rings. The molecule has 6 heteroatoms. The van der Waals surface area contributed by atoms with Crippen molar-refractivity contribution in [3.63, 3.8) is 0 Å². The van der Waals surface area contributed by atoms with Crippen LogP contribution in [0.15, 0.2) is 29.4 Å². The van der Waals surface area contributed by atoms with Crippen molar-refractivity contribution >= 4 is 29.2 Å². The molecular formula is C14H17ClN2O3. The first-order valence-corrected chi connectivity index (χ1v) is 6.60. The van der Waals surface area contributed by atoms with Gasteiger partial charge in [-0.25, -0.2) is 5.43 Å². The van der Waals surface area contributed by atoms with Crippen LogP contribution in [0.2, 0.25) is 5.02 Å². The van der Waals surface area contributed by atoms with Gasteiger partial charge in [0, 0.05) is 16.3 Å². The molecule has 0 aliphatic heterocycles. The number of halogens is 1. The van der Waals surface area contributed by atoms with Crippen molar-refractivity contribution in [1.29, 1.82) is 0 Å². The molecule has 1 amide bonds. The van der Waals surface area contributed by atoms with Gasteiger partial charge >= 0.3 is 5.97 Å². The molecule has 0 bridgehead atoms. The highest BCUT2D eigenvalue weighted by molar-refractivity contribution is 6.30. The molecule has 0 unspecified atom stereocenters. The molecule has 108 valence electrons. The van der Waals surface area contributed by atoms with E-state index in [1.165, 1.54) is 0 Å². The van der Waals surface area contributed by atoms with Crippen molar-refractivity contribution in [3.8, 4) is 0 Å². The molecule has 0 spiro atoms. The van der Waals surface area contributed by atoms with Crippen LogP contribution in [0.25, 0.3) is 0 Å². The second-order valence-corrected chi connectivity index (χ2v) is 4.61. The average molecular weight is 297 g/mol. The summed E-state index contributed by atoms with van der Waals surface area (Å²) in [4.78, 5) is 23.3. The van der Waals surface area contributed by atoms with E-state index in [0.717, 1.165) is 0 Å². The number of nitrogens with zero attached hydrogens (tertiary/aromatic N) is 1. The van der Waals surface area contributed by atoms with E-state index in [4.69, 9.17) is 16.3 Å². The number of nitrogens with one attached hydrogen (secondary N) is 1. The predicted molar refractivity (Wildman–Crippen MR) is 77.8 cm³/mol. The fourth-order valence-corrected chi connectivity index (χ4v) is 1.47. The van der Waals surface area contributed by atoms with E-state index >= 15 is 0 Å². The lowest BCUT2D eigenvalue weighted by Gasteiger charge is -2.10. The molecule has 1 aromatic rings. The highest BCUT2D eigenvalue weighted by Gasteiger charge is 2.17. The topological polar surface area (TPSA) is 67.8 Å². The van der Waals surface area contributed by atoms with Gasteiger partial charge in [0.1, 0.15) is 0 Å². The van der Waals surface area contributed by atoms with Crippen molar-refractivity contribution in [3.05, 3.63) is 34.9 Å². The standard InChI is InChI=1S/C14H17ClN2O3/c1-4-20-14(19)9(2)10(3)16-17-13(18)11-5-7-12(15)8-6-11/h5-9H,4H2,1-3H3,(H,17,18)/t9-/m0/s1. The summed E-state index contributed by atoms with van der Waals surface area (Å²) >= 11 is 5.74. The number of benzene rings is 1. The second-order valence-electron chi connectivity index (χ2n) is 4.17. The van der Waals surface area contributed by atoms with Crippen LogP contribution in [-0.2, 0) is 9.53 Å². The molecule has 5 nitrogen and oxygen atoms in total. The third kappa shape index (κ3) is 4.66. The molecule has 20 heavy (non-hydrogen) atoms. The third-order valence-electron chi connectivity index (χ3n) is 2.71. The molecule has 0 aliphatic carbocycles. The number of carbonyl (C=O) groups is 2. The molecular weight excluding hydrogens is 280 g/mol. The van der Waals surface area contributed by atoms with E-state index in [1.807, 2.05) is 0 Å². The Morgan fingerprint density at radius 3 is 2.50 bits per heavy atom. The van der Waals surface area contributed by atoms with E-state index in [0.29, 0.717) is 22.9 Å². The number of esters is 1. The van der Waals surface area contributed by atoms with E-state index in [1.54, 1.807) is 45.0 Å². The Labute approximate surface area is 123 Å². The van der Waals surface area contributed by atoms with Crippen molar-refractivity contribution in [2.75, 3.05) is 6.61 Å². The maximum Gasteiger partial charge on any atom is 0.314 e. The normalized spacial score (nSPS) is 12.7. The van der Waals surface area contributed by atoms with Gasteiger partial charge in [0.15, 0.2) is 0 Å². The largest absolute Gasteiger partial charge is 0.465 e. The van der Waals surface area contributed by atoms with Crippen LogP contribution < -0.4 is 5.43 Å². The number of carbonyl (C=O) groups excluding carboxylic acids is 2. The quantitative estimate of drug-likeness (QED) is 0.516. The number of hydrogen-bond donors (Lipinski definition) is 1. The number of amides is 1. The average Bonchev–Trinajstić information content (AvgIpc) is 2.44. The van der Waals surface area contributed by atoms with Crippen LogP contribution in [-0.4, -0.2) is 24.2 Å². The van der Waals surface area contributed by atoms with Crippen molar-refractivity contribution < 1.29 is 14.3 Å². The molecule has 0 heterocycles. The summed E-state index contributed by atoms with van der Waals surface area (Å²) in [5.74, 6) is -1.23.